The maximum absolute atomic E-state index is 11.0. The summed E-state index contributed by atoms with van der Waals surface area (Å²) in [4.78, 5) is 12.8. The summed E-state index contributed by atoms with van der Waals surface area (Å²) in [6.07, 6.45) is 0.640. The van der Waals surface area contributed by atoms with Crippen molar-refractivity contribution in [1.82, 2.24) is 10.2 Å². The maximum atomic E-state index is 11.0. The van der Waals surface area contributed by atoms with Crippen molar-refractivity contribution in [2.24, 2.45) is 0 Å². The van der Waals surface area contributed by atoms with Gasteiger partial charge in [-0.15, -0.1) is 0 Å². The molecule has 1 fully saturated rings. The number of likely N-dealkylation sites (N-methyl/N-ethyl adjacent to an activating group) is 1. The van der Waals surface area contributed by atoms with Gasteiger partial charge in [0.15, 0.2) is 0 Å². The van der Waals surface area contributed by atoms with E-state index in [1.807, 2.05) is 7.05 Å². The number of hydrogen-bond acceptors (Lipinski definition) is 2. The third-order valence-electron chi connectivity index (χ3n) is 1.81. The van der Waals surface area contributed by atoms with Gasteiger partial charge in [0, 0.05) is 32.6 Å². The predicted octanol–water partition coefficient (Wildman–Crippen LogP) is -0.173. The molecule has 58 valence electrons. The van der Waals surface area contributed by atoms with Crippen LogP contribution in [-0.2, 0) is 4.79 Å². The van der Waals surface area contributed by atoms with Crippen LogP contribution in [0.4, 0.5) is 0 Å². The molecule has 3 nitrogen and oxygen atoms in total. The quantitative estimate of drug-likeness (QED) is 0.509. The highest BCUT2D eigenvalue weighted by Crippen LogP contribution is 1.97. The van der Waals surface area contributed by atoms with E-state index in [1.54, 1.807) is 4.90 Å². The minimum Gasteiger partial charge on any atom is -0.344 e. The number of nitrogens with one attached hydrogen (secondary N) is 1. The SMILES string of the molecule is C[C@@H]1CN(C)C(=O)CCN1. The summed E-state index contributed by atoms with van der Waals surface area (Å²) in [5.41, 5.74) is 0. The molecule has 0 aromatic carbocycles. The second-order valence-corrected chi connectivity index (χ2v) is 2.88. The van der Waals surface area contributed by atoms with E-state index in [1.165, 1.54) is 0 Å². The molecule has 1 saturated heterocycles. The first-order chi connectivity index (χ1) is 4.70. The van der Waals surface area contributed by atoms with Gasteiger partial charge in [-0.3, -0.25) is 4.79 Å². The van der Waals surface area contributed by atoms with Gasteiger partial charge < -0.3 is 10.2 Å². The Kier molecular flexibility index (Phi) is 2.27. The molecule has 1 amide bonds. The Bertz CT molecular complexity index is 136. The Morgan fingerprint density at radius 2 is 2.40 bits per heavy atom. The molecule has 3 heteroatoms. The summed E-state index contributed by atoms with van der Waals surface area (Å²) in [5, 5.41) is 3.24. The van der Waals surface area contributed by atoms with Crippen molar-refractivity contribution >= 4 is 5.91 Å². The summed E-state index contributed by atoms with van der Waals surface area (Å²) in [6, 6.07) is 0.441. The third-order valence-corrected chi connectivity index (χ3v) is 1.81. The van der Waals surface area contributed by atoms with Crippen LogP contribution in [0.2, 0.25) is 0 Å². The number of carbonyl (C=O) groups is 1. The maximum Gasteiger partial charge on any atom is 0.223 e. The lowest BCUT2D eigenvalue weighted by atomic mass is 10.3. The van der Waals surface area contributed by atoms with Gasteiger partial charge in [0.25, 0.3) is 0 Å². The topological polar surface area (TPSA) is 32.3 Å². The van der Waals surface area contributed by atoms with Gasteiger partial charge in [0.05, 0.1) is 0 Å². The summed E-state index contributed by atoms with van der Waals surface area (Å²) in [5.74, 6) is 0.247. The highest BCUT2D eigenvalue weighted by Gasteiger charge is 2.15. The first-order valence-electron chi connectivity index (χ1n) is 3.67. The zero-order valence-electron chi connectivity index (χ0n) is 6.55. The second-order valence-electron chi connectivity index (χ2n) is 2.88. The van der Waals surface area contributed by atoms with Crippen LogP contribution in [0.25, 0.3) is 0 Å². The van der Waals surface area contributed by atoms with Crippen molar-refractivity contribution in [2.75, 3.05) is 20.1 Å². The zero-order chi connectivity index (χ0) is 7.56. The summed E-state index contributed by atoms with van der Waals surface area (Å²) < 4.78 is 0. The molecule has 10 heavy (non-hydrogen) atoms. The molecular weight excluding hydrogens is 128 g/mol. The normalized spacial score (nSPS) is 28.4. The first-order valence-corrected chi connectivity index (χ1v) is 3.67. The van der Waals surface area contributed by atoms with Crippen molar-refractivity contribution < 1.29 is 4.79 Å². The lowest BCUT2D eigenvalue weighted by Gasteiger charge is -2.16. The largest absolute Gasteiger partial charge is 0.344 e. The van der Waals surface area contributed by atoms with E-state index in [4.69, 9.17) is 0 Å². The van der Waals surface area contributed by atoms with Crippen molar-refractivity contribution in [1.29, 1.82) is 0 Å². The predicted molar refractivity (Wildman–Crippen MR) is 39.7 cm³/mol. The molecule has 1 aliphatic rings. The average molecular weight is 142 g/mol. The third kappa shape index (κ3) is 1.70. The van der Waals surface area contributed by atoms with E-state index < -0.39 is 0 Å². The average Bonchev–Trinajstić information content (AvgIpc) is 1.96. The second kappa shape index (κ2) is 3.01. The Morgan fingerprint density at radius 1 is 1.70 bits per heavy atom. The van der Waals surface area contributed by atoms with Gasteiger partial charge in [0.1, 0.15) is 0 Å². The Morgan fingerprint density at radius 3 is 3.10 bits per heavy atom. The molecule has 0 spiro atoms. The van der Waals surface area contributed by atoms with Crippen molar-refractivity contribution in [2.45, 2.75) is 19.4 Å². The first kappa shape index (κ1) is 7.54. The van der Waals surface area contributed by atoms with Crippen LogP contribution in [0.1, 0.15) is 13.3 Å². The van der Waals surface area contributed by atoms with Crippen LogP contribution >= 0.6 is 0 Å². The zero-order valence-corrected chi connectivity index (χ0v) is 6.55. The molecule has 0 unspecified atom stereocenters. The van der Waals surface area contributed by atoms with Crippen LogP contribution in [0.5, 0.6) is 0 Å². The van der Waals surface area contributed by atoms with Gasteiger partial charge in [-0.05, 0) is 6.92 Å². The highest BCUT2D eigenvalue weighted by atomic mass is 16.2. The van der Waals surface area contributed by atoms with Gasteiger partial charge >= 0.3 is 0 Å². The summed E-state index contributed by atoms with van der Waals surface area (Å²) in [7, 11) is 1.85. The molecule has 0 aliphatic carbocycles. The van der Waals surface area contributed by atoms with Crippen molar-refractivity contribution in [3.63, 3.8) is 0 Å². The highest BCUT2D eigenvalue weighted by molar-refractivity contribution is 5.76. The van der Waals surface area contributed by atoms with Gasteiger partial charge in [-0.2, -0.15) is 0 Å². The summed E-state index contributed by atoms with van der Waals surface area (Å²) >= 11 is 0. The molecule has 0 aromatic heterocycles. The van der Waals surface area contributed by atoms with Gasteiger partial charge in [-0.1, -0.05) is 0 Å². The van der Waals surface area contributed by atoms with E-state index in [-0.39, 0.29) is 5.91 Å². The fraction of sp³-hybridized carbons (Fsp3) is 0.857. The number of carbonyl (C=O) groups excluding carboxylic acids is 1. The van der Waals surface area contributed by atoms with E-state index in [0.29, 0.717) is 12.5 Å². The molecule has 0 saturated carbocycles. The van der Waals surface area contributed by atoms with Crippen LogP contribution in [0.3, 0.4) is 0 Å². The van der Waals surface area contributed by atoms with E-state index >= 15 is 0 Å². The number of nitrogens with zero attached hydrogens (tertiary/aromatic N) is 1. The number of hydrogen-bond donors (Lipinski definition) is 1. The van der Waals surface area contributed by atoms with E-state index in [9.17, 15) is 4.79 Å². The van der Waals surface area contributed by atoms with Crippen LogP contribution in [0.15, 0.2) is 0 Å². The van der Waals surface area contributed by atoms with Crippen molar-refractivity contribution in [3.8, 4) is 0 Å². The minimum absolute atomic E-state index is 0.247. The molecule has 1 atom stereocenters. The number of amides is 1. The Hall–Kier alpha value is -0.570. The van der Waals surface area contributed by atoms with Crippen LogP contribution in [0, 0.1) is 0 Å². The molecule has 1 heterocycles. The molecule has 1 N–H and O–H groups in total. The molecule has 0 bridgehead atoms. The molecule has 0 radical (unpaired) electrons. The van der Waals surface area contributed by atoms with Crippen LogP contribution in [-0.4, -0.2) is 37.0 Å². The van der Waals surface area contributed by atoms with E-state index in [2.05, 4.69) is 12.2 Å². The standard InChI is InChI=1S/C7H14N2O/c1-6-5-9(2)7(10)3-4-8-6/h6,8H,3-5H2,1-2H3/t6-/m1/s1. The van der Waals surface area contributed by atoms with Crippen LogP contribution < -0.4 is 5.32 Å². The van der Waals surface area contributed by atoms with Gasteiger partial charge in [-0.25, -0.2) is 0 Å². The molecule has 1 aliphatic heterocycles. The number of rotatable bonds is 0. The van der Waals surface area contributed by atoms with E-state index in [0.717, 1.165) is 13.1 Å². The van der Waals surface area contributed by atoms with Crippen molar-refractivity contribution in [3.05, 3.63) is 0 Å². The molecule has 0 aromatic rings. The summed E-state index contributed by atoms with van der Waals surface area (Å²) in [6.45, 7) is 3.75. The molecule has 1 rings (SSSR count). The smallest absolute Gasteiger partial charge is 0.223 e. The molecular formula is C7H14N2O. The Labute approximate surface area is 61.4 Å². The minimum atomic E-state index is 0.247. The Balaban J connectivity index is 2.49. The lowest BCUT2D eigenvalue weighted by Crippen LogP contribution is -2.34. The fourth-order valence-electron chi connectivity index (χ4n) is 1.19. The monoisotopic (exact) mass is 142 g/mol. The fourth-order valence-corrected chi connectivity index (χ4v) is 1.19. The van der Waals surface area contributed by atoms with Gasteiger partial charge in [0.2, 0.25) is 5.91 Å². The lowest BCUT2D eigenvalue weighted by molar-refractivity contribution is -0.129.